The summed E-state index contributed by atoms with van der Waals surface area (Å²) in [6, 6.07) is 0.318. The number of aliphatic hydroxyl groups excluding tert-OH is 1. The van der Waals surface area contributed by atoms with Crippen molar-refractivity contribution in [3.05, 3.63) is 0 Å². The fourth-order valence-electron chi connectivity index (χ4n) is 1.30. The molecule has 5 heteroatoms. The zero-order valence-corrected chi connectivity index (χ0v) is 6.08. The van der Waals surface area contributed by atoms with Crippen LogP contribution in [0.1, 0.15) is 6.42 Å². The average molecular weight is 144 g/mol. The molecule has 1 saturated heterocycles. The quantitative estimate of drug-likeness (QED) is 0.229. The lowest BCUT2D eigenvalue weighted by atomic mass is 9.95. The molecule has 3 atom stereocenters. The van der Waals surface area contributed by atoms with Gasteiger partial charge in [0.25, 0.3) is 0 Å². The second-order valence-electron chi connectivity index (χ2n) is 2.68. The van der Waals surface area contributed by atoms with Crippen LogP contribution in [0.4, 0.5) is 0 Å². The van der Waals surface area contributed by atoms with Crippen molar-refractivity contribution in [1.82, 2.24) is 5.43 Å². The highest BCUT2D eigenvalue weighted by Crippen LogP contribution is 2.16. The molecule has 1 aliphatic rings. The summed E-state index contributed by atoms with van der Waals surface area (Å²) < 4.78 is 5.32. The van der Waals surface area contributed by atoms with E-state index in [1.807, 2.05) is 7.85 Å². The molecule has 0 amide bonds. The number of nitrogens with one attached hydrogen (secondary N) is 1. The number of aliphatic hydroxyl groups is 1. The Morgan fingerprint density at radius 2 is 2.50 bits per heavy atom. The van der Waals surface area contributed by atoms with Crippen LogP contribution < -0.4 is 11.3 Å². The predicted octanol–water partition coefficient (Wildman–Crippen LogP) is -2.44. The molecule has 1 rings (SSSR count). The lowest BCUT2D eigenvalue weighted by Gasteiger charge is -2.13. The van der Waals surface area contributed by atoms with Crippen molar-refractivity contribution in [3.8, 4) is 0 Å². The molecule has 0 aliphatic carbocycles. The van der Waals surface area contributed by atoms with Gasteiger partial charge < -0.3 is 9.84 Å². The normalized spacial score (nSPS) is 40.4. The highest BCUT2D eigenvalue weighted by molar-refractivity contribution is 6.11. The molecular weight excluding hydrogens is 131 g/mol. The monoisotopic (exact) mass is 144 g/mol. The second kappa shape index (κ2) is 3.34. The molecule has 0 aromatic heterocycles. The summed E-state index contributed by atoms with van der Waals surface area (Å²) in [5.41, 5.74) is 2.61. The van der Waals surface area contributed by atoms with E-state index in [1.54, 1.807) is 0 Å². The van der Waals surface area contributed by atoms with Crippen molar-refractivity contribution in [2.75, 3.05) is 6.61 Å². The fraction of sp³-hybridized carbons (Fsp3) is 1.00. The maximum absolute atomic E-state index is 8.76. The van der Waals surface area contributed by atoms with Gasteiger partial charge >= 0.3 is 0 Å². The summed E-state index contributed by atoms with van der Waals surface area (Å²) in [6.45, 7) is 0.0409. The van der Waals surface area contributed by atoms with E-state index in [4.69, 9.17) is 15.7 Å². The second-order valence-corrected chi connectivity index (χ2v) is 2.68. The van der Waals surface area contributed by atoms with Crippen LogP contribution in [0.3, 0.4) is 0 Å². The Kier molecular flexibility index (Phi) is 2.68. The summed E-state index contributed by atoms with van der Waals surface area (Å²) in [5.74, 6) is 5.22. The van der Waals surface area contributed by atoms with Crippen molar-refractivity contribution in [2.45, 2.75) is 24.6 Å². The van der Waals surface area contributed by atoms with Gasteiger partial charge in [-0.2, -0.15) is 0 Å². The first-order valence-corrected chi connectivity index (χ1v) is 3.50. The lowest BCUT2D eigenvalue weighted by molar-refractivity contribution is 0.0335. The number of hydrogen-bond donors (Lipinski definition) is 3. The Morgan fingerprint density at radius 1 is 1.80 bits per heavy atom. The van der Waals surface area contributed by atoms with Gasteiger partial charge in [-0.15, -0.1) is 0 Å². The Balaban J connectivity index is 2.41. The summed E-state index contributed by atoms with van der Waals surface area (Å²) in [7, 11) is 1.97. The first-order valence-electron chi connectivity index (χ1n) is 3.50. The van der Waals surface area contributed by atoms with E-state index in [0.717, 1.165) is 6.42 Å². The lowest BCUT2D eigenvalue weighted by Crippen LogP contribution is -2.42. The summed E-state index contributed by atoms with van der Waals surface area (Å²) in [5, 5.41) is 8.76. The Bertz CT molecular complexity index is 102. The number of ether oxygens (including phenoxy) is 1. The minimum Gasteiger partial charge on any atom is -0.394 e. The van der Waals surface area contributed by atoms with Crippen LogP contribution in [0, 0.1) is 0 Å². The van der Waals surface area contributed by atoms with Gasteiger partial charge in [0.05, 0.1) is 18.8 Å². The number of nitrogens with two attached hydrogens (primary N) is 1. The SMILES string of the molecule is B[C@H]1CC(NN)[C@@H](CO)O1. The Hall–Kier alpha value is -0.0951. The van der Waals surface area contributed by atoms with Crippen LogP contribution >= 0.6 is 0 Å². The average Bonchev–Trinajstić information content (AvgIpc) is 2.30. The van der Waals surface area contributed by atoms with Crippen molar-refractivity contribution < 1.29 is 9.84 Å². The van der Waals surface area contributed by atoms with Gasteiger partial charge in [-0.25, -0.2) is 0 Å². The maximum atomic E-state index is 8.76. The molecular formula is C5H13BN2O2. The summed E-state index contributed by atoms with van der Waals surface area (Å²) >= 11 is 0. The zero-order chi connectivity index (χ0) is 7.56. The van der Waals surface area contributed by atoms with Crippen molar-refractivity contribution in [3.63, 3.8) is 0 Å². The molecule has 1 heterocycles. The van der Waals surface area contributed by atoms with E-state index in [-0.39, 0.29) is 24.8 Å². The number of hydrogen-bond acceptors (Lipinski definition) is 4. The van der Waals surface area contributed by atoms with E-state index in [2.05, 4.69) is 5.43 Å². The van der Waals surface area contributed by atoms with Crippen molar-refractivity contribution >= 4 is 7.85 Å². The third-order valence-electron chi connectivity index (χ3n) is 1.84. The number of hydrazine groups is 1. The third-order valence-corrected chi connectivity index (χ3v) is 1.84. The van der Waals surface area contributed by atoms with Crippen LogP contribution in [-0.4, -0.2) is 37.7 Å². The molecule has 58 valence electrons. The van der Waals surface area contributed by atoms with Gasteiger partial charge in [-0.1, -0.05) is 0 Å². The minimum absolute atomic E-state index is 0.0409. The molecule has 0 saturated carbocycles. The first kappa shape index (κ1) is 8.01. The fourth-order valence-corrected chi connectivity index (χ4v) is 1.30. The zero-order valence-electron chi connectivity index (χ0n) is 6.08. The van der Waals surface area contributed by atoms with Gasteiger partial charge in [0.2, 0.25) is 0 Å². The van der Waals surface area contributed by atoms with E-state index in [0.29, 0.717) is 0 Å². The van der Waals surface area contributed by atoms with Crippen LogP contribution in [0.25, 0.3) is 0 Å². The molecule has 1 aliphatic heterocycles. The highest BCUT2D eigenvalue weighted by Gasteiger charge is 2.30. The van der Waals surface area contributed by atoms with E-state index in [1.165, 1.54) is 0 Å². The van der Waals surface area contributed by atoms with Gasteiger partial charge in [0.15, 0.2) is 0 Å². The Morgan fingerprint density at radius 3 is 2.90 bits per heavy atom. The van der Waals surface area contributed by atoms with Crippen LogP contribution in [-0.2, 0) is 4.74 Å². The van der Waals surface area contributed by atoms with E-state index >= 15 is 0 Å². The highest BCUT2D eigenvalue weighted by atomic mass is 16.5. The van der Waals surface area contributed by atoms with Gasteiger partial charge in [0, 0.05) is 6.00 Å². The molecule has 1 fully saturated rings. The molecule has 0 spiro atoms. The number of rotatable bonds is 2. The summed E-state index contributed by atoms with van der Waals surface area (Å²) in [6.07, 6.45) is 0.752. The molecule has 1 unspecified atom stereocenters. The molecule has 0 radical (unpaired) electrons. The van der Waals surface area contributed by atoms with Crippen LogP contribution in [0.5, 0.6) is 0 Å². The van der Waals surface area contributed by atoms with Crippen LogP contribution in [0.15, 0.2) is 0 Å². The molecule has 0 bridgehead atoms. The molecule has 0 aromatic carbocycles. The predicted molar refractivity (Wildman–Crippen MR) is 40.0 cm³/mol. The van der Waals surface area contributed by atoms with Crippen molar-refractivity contribution in [1.29, 1.82) is 0 Å². The van der Waals surface area contributed by atoms with E-state index < -0.39 is 0 Å². The van der Waals surface area contributed by atoms with Crippen molar-refractivity contribution in [2.24, 2.45) is 5.84 Å². The van der Waals surface area contributed by atoms with Crippen LogP contribution in [0.2, 0.25) is 0 Å². The molecule has 4 N–H and O–H groups in total. The largest absolute Gasteiger partial charge is 0.394 e. The minimum atomic E-state index is -0.125. The van der Waals surface area contributed by atoms with Gasteiger partial charge in [-0.05, 0) is 6.42 Å². The maximum Gasteiger partial charge on any atom is 0.139 e. The Labute approximate surface area is 61.1 Å². The topological polar surface area (TPSA) is 67.5 Å². The van der Waals surface area contributed by atoms with Gasteiger partial charge in [0.1, 0.15) is 7.85 Å². The first-order chi connectivity index (χ1) is 4.77. The standard InChI is InChI=1S/C5H13BN2O2/c6-5-1-3(8-7)4(2-9)10-5/h3-5,8-9H,1-2,6-7H2/t3?,4-,5-/m1/s1. The smallest absolute Gasteiger partial charge is 0.139 e. The molecule has 0 aromatic rings. The molecule has 4 nitrogen and oxygen atoms in total. The van der Waals surface area contributed by atoms with Gasteiger partial charge in [-0.3, -0.25) is 11.3 Å². The molecule has 10 heavy (non-hydrogen) atoms. The third kappa shape index (κ3) is 1.49. The van der Waals surface area contributed by atoms with E-state index in [9.17, 15) is 0 Å². The summed E-state index contributed by atoms with van der Waals surface area (Å²) in [4.78, 5) is 0.